The van der Waals surface area contributed by atoms with Crippen LogP contribution in [0, 0.1) is 6.92 Å². The van der Waals surface area contributed by atoms with Gasteiger partial charge in [-0.25, -0.2) is 9.98 Å². The second kappa shape index (κ2) is 10.4. The normalized spacial score (nSPS) is 12.5. The zero-order valence-electron chi connectivity index (χ0n) is 18.9. The Labute approximate surface area is 190 Å². The van der Waals surface area contributed by atoms with E-state index in [0.29, 0.717) is 12.3 Å². The fourth-order valence-electron chi connectivity index (χ4n) is 3.06. The first kappa shape index (κ1) is 24.1. The highest BCUT2D eigenvalue weighted by atomic mass is 19.4. The third-order valence-corrected chi connectivity index (χ3v) is 4.97. The number of rotatable bonds is 9. The highest BCUT2D eigenvalue weighted by molar-refractivity contribution is 5.88. The number of halogens is 3. The Morgan fingerprint density at radius 3 is 2.73 bits per heavy atom. The Morgan fingerprint density at radius 2 is 2.03 bits per heavy atom. The Kier molecular flexibility index (Phi) is 7.57. The van der Waals surface area contributed by atoms with Gasteiger partial charge in [-0.1, -0.05) is 11.2 Å². The van der Waals surface area contributed by atoms with Crippen molar-refractivity contribution in [3.8, 4) is 5.75 Å². The number of nitrogens with zero attached hydrogens (tertiary/aromatic N) is 5. The van der Waals surface area contributed by atoms with Gasteiger partial charge in [0.2, 0.25) is 0 Å². The lowest BCUT2D eigenvalue weighted by atomic mass is 10.2. The number of hydrogen-bond donors (Lipinski definition) is 0. The summed E-state index contributed by atoms with van der Waals surface area (Å²) in [6.45, 7) is 5.11. The molecule has 0 N–H and O–H groups in total. The van der Waals surface area contributed by atoms with Gasteiger partial charge in [0.15, 0.2) is 0 Å². The van der Waals surface area contributed by atoms with Crippen LogP contribution < -0.4 is 4.74 Å². The largest absolute Gasteiger partial charge is 0.487 e. The molecule has 3 aromatic rings. The zero-order chi connectivity index (χ0) is 24.0. The molecular weight excluding hydrogens is 435 g/mol. The van der Waals surface area contributed by atoms with Gasteiger partial charge in [0.05, 0.1) is 41.5 Å². The minimum Gasteiger partial charge on any atom is -0.487 e. The standard InChI is InChI=1S/C23H26F3N5O2/c1-5-30(3)14-27-20-11-21-22(9-16(20)2)31(15-28-21)12-18(29-32-4)13-33-19-8-6-7-17(10-19)23(24,25)26/h6-11,14-15H,5,12-13H2,1-4H3/b27-14+,29-18-. The molecule has 3 rings (SSSR count). The van der Waals surface area contributed by atoms with Crippen LogP contribution in [0.2, 0.25) is 0 Å². The molecule has 33 heavy (non-hydrogen) atoms. The third-order valence-electron chi connectivity index (χ3n) is 4.97. The molecule has 0 bridgehead atoms. The van der Waals surface area contributed by atoms with Crippen LogP contribution in [-0.2, 0) is 17.6 Å². The fraction of sp³-hybridized carbons (Fsp3) is 0.348. The van der Waals surface area contributed by atoms with Crippen LogP contribution in [-0.4, -0.2) is 53.8 Å². The molecule has 0 aliphatic rings. The first-order valence-corrected chi connectivity index (χ1v) is 10.3. The third kappa shape index (κ3) is 6.24. The smallest absolute Gasteiger partial charge is 0.416 e. The van der Waals surface area contributed by atoms with Crippen LogP contribution in [0.4, 0.5) is 18.9 Å². The number of benzene rings is 2. The lowest BCUT2D eigenvalue weighted by Gasteiger charge is -2.12. The minimum atomic E-state index is -4.44. The molecular formula is C23H26F3N5O2. The van der Waals surface area contributed by atoms with E-state index < -0.39 is 11.7 Å². The van der Waals surface area contributed by atoms with Gasteiger partial charge in [-0.3, -0.25) is 0 Å². The monoisotopic (exact) mass is 461 g/mol. The second-order valence-corrected chi connectivity index (χ2v) is 7.47. The molecule has 0 fully saturated rings. The van der Waals surface area contributed by atoms with Crippen molar-refractivity contribution < 1.29 is 22.7 Å². The van der Waals surface area contributed by atoms with Gasteiger partial charge in [0, 0.05) is 13.6 Å². The van der Waals surface area contributed by atoms with E-state index >= 15 is 0 Å². The average Bonchev–Trinajstić information content (AvgIpc) is 3.16. The molecule has 7 nitrogen and oxygen atoms in total. The highest BCUT2D eigenvalue weighted by Gasteiger charge is 2.30. The molecule has 1 aromatic heterocycles. The minimum absolute atomic E-state index is 0.0421. The Balaban J connectivity index is 1.77. The van der Waals surface area contributed by atoms with Crippen LogP contribution >= 0.6 is 0 Å². The molecule has 0 radical (unpaired) electrons. The molecule has 2 aromatic carbocycles. The summed E-state index contributed by atoms with van der Waals surface area (Å²) < 4.78 is 46.2. The molecule has 0 spiro atoms. The molecule has 0 saturated carbocycles. The fourth-order valence-corrected chi connectivity index (χ4v) is 3.06. The van der Waals surface area contributed by atoms with E-state index in [-0.39, 0.29) is 12.4 Å². The van der Waals surface area contributed by atoms with Crippen LogP contribution in [0.15, 0.2) is 52.9 Å². The van der Waals surface area contributed by atoms with Crippen LogP contribution in [0.1, 0.15) is 18.1 Å². The molecule has 10 heteroatoms. The summed E-state index contributed by atoms with van der Waals surface area (Å²) in [6.07, 6.45) is -0.990. The van der Waals surface area contributed by atoms with Crippen LogP contribution in [0.5, 0.6) is 5.75 Å². The van der Waals surface area contributed by atoms with E-state index in [2.05, 4.69) is 15.1 Å². The summed E-state index contributed by atoms with van der Waals surface area (Å²) >= 11 is 0. The number of fused-ring (bicyclic) bond motifs is 1. The molecule has 1 heterocycles. The molecule has 176 valence electrons. The van der Waals surface area contributed by atoms with Gasteiger partial charge in [0.1, 0.15) is 25.2 Å². The van der Waals surface area contributed by atoms with E-state index in [4.69, 9.17) is 9.57 Å². The van der Waals surface area contributed by atoms with Crippen LogP contribution in [0.25, 0.3) is 11.0 Å². The predicted octanol–water partition coefficient (Wildman–Crippen LogP) is 5.06. The number of oxime groups is 1. The number of aryl methyl sites for hydroxylation is 1. The summed E-state index contributed by atoms with van der Waals surface area (Å²) in [4.78, 5) is 15.9. The van der Waals surface area contributed by atoms with E-state index in [1.165, 1.54) is 19.2 Å². The molecule has 0 unspecified atom stereocenters. The van der Waals surface area contributed by atoms with Crippen LogP contribution in [0.3, 0.4) is 0 Å². The van der Waals surface area contributed by atoms with Crippen molar-refractivity contribution in [2.45, 2.75) is 26.6 Å². The van der Waals surface area contributed by atoms with Crippen molar-refractivity contribution in [2.75, 3.05) is 27.3 Å². The number of hydrogen-bond acceptors (Lipinski definition) is 5. The second-order valence-electron chi connectivity index (χ2n) is 7.47. The maximum absolute atomic E-state index is 12.9. The van der Waals surface area contributed by atoms with Crippen molar-refractivity contribution in [3.63, 3.8) is 0 Å². The van der Waals surface area contributed by atoms with Crippen molar-refractivity contribution in [1.29, 1.82) is 0 Å². The summed E-state index contributed by atoms with van der Waals surface area (Å²) in [6, 6.07) is 8.61. The number of alkyl halides is 3. The number of aliphatic imine (C=N–C) groups is 1. The number of ether oxygens (including phenoxy) is 1. The maximum atomic E-state index is 12.9. The maximum Gasteiger partial charge on any atom is 0.416 e. The number of aromatic nitrogens is 2. The first-order valence-electron chi connectivity index (χ1n) is 10.3. The van der Waals surface area contributed by atoms with Crippen molar-refractivity contribution >= 4 is 28.8 Å². The Bertz CT molecular complexity index is 1150. The lowest BCUT2D eigenvalue weighted by Crippen LogP contribution is -2.18. The Hall–Kier alpha value is -3.56. The van der Waals surface area contributed by atoms with E-state index in [0.717, 1.165) is 41.0 Å². The predicted molar refractivity (Wildman–Crippen MR) is 122 cm³/mol. The van der Waals surface area contributed by atoms with Gasteiger partial charge >= 0.3 is 6.18 Å². The van der Waals surface area contributed by atoms with E-state index in [1.54, 1.807) is 12.7 Å². The molecule has 0 aliphatic carbocycles. The molecule has 0 saturated heterocycles. The average molecular weight is 461 g/mol. The molecule has 0 atom stereocenters. The quantitative estimate of drug-likeness (QED) is 0.254. The van der Waals surface area contributed by atoms with Gasteiger partial charge < -0.3 is 19.0 Å². The van der Waals surface area contributed by atoms with Crippen molar-refractivity contribution in [3.05, 3.63) is 53.9 Å². The zero-order valence-corrected chi connectivity index (χ0v) is 18.9. The number of imidazole rings is 1. The van der Waals surface area contributed by atoms with Gasteiger partial charge in [0.25, 0.3) is 0 Å². The lowest BCUT2D eigenvalue weighted by molar-refractivity contribution is -0.137. The molecule has 0 amide bonds. The summed E-state index contributed by atoms with van der Waals surface area (Å²) in [5, 5.41) is 3.98. The topological polar surface area (TPSA) is 64.2 Å². The van der Waals surface area contributed by atoms with Crippen molar-refractivity contribution in [2.24, 2.45) is 10.1 Å². The SMILES string of the molecule is CCN(C)/C=N/c1cc2ncn(C/C(COc3cccc(C(F)(F)F)c3)=N/OC)c2cc1C. The van der Waals surface area contributed by atoms with Gasteiger partial charge in [-0.2, -0.15) is 13.2 Å². The summed E-state index contributed by atoms with van der Waals surface area (Å²) in [7, 11) is 3.35. The van der Waals surface area contributed by atoms with Gasteiger partial charge in [-0.15, -0.1) is 0 Å². The molecule has 0 aliphatic heterocycles. The van der Waals surface area contributed by atoms with E-state index in [1.807, 2.05) is 42.5 Å². The van der Waals surface area contributed by atoms with Crippen molar-refractivity contribution in [1.82, 2.24) is 14.5 Å². The van der Waals surface area contributed by atoms with E-state index in [9.17, 15) is 13.2 Å². The summed E-state index contributed by atoms with van der Waals surface area (Å²) in [5.41, 5.74) is 3.16. The Morgan fingerprint density at radius 1 is 1.24 bits per heavy atom. The highest BCUT2D eigenvalue weighted by Crippen LogP contribution is 2.31. The first-order chi connectivity index (χ1) is 15.7. The summed E-state index contributed by atoms with van der Waals surface area (Å²) in [5.74, 6) is 0.0968. The van der Waals surface area contributed by atoms with Gasteiger partial charge in [-0.05, 0) is 49.7 Å².